The van der Waals surface area contributed by atoms with Gasteiger partial charge in [-0.25, -0.2) is 0 Å². The van der Waals surface area contributed by atoms with Crippen molar-refractivity contribution in [1.29, 1.82) is 0 Å². The summed E-state index contributed by atoms with van der Waals surface area (Å²) in [7, 11) is 0. The average molecular weight is 276 g/mol. The molecule has 2 rings (SSSR count). The van der Waals surface area contributed by atoms with E-state index in [2.05, 4.69) is 32.9 Å². The predicted octanol–water partition coefficient (Wildman–Crippen LogP) is 3.75. The minimum Gasteiger partial charge on any atom is -0.493 e. The molecule has 0 heterocycles. The fraction of sp³-hybridized carbons (Fsp3) is 0.588. The molecule has 20 heavy (non-hydrogen) atoms. The van der Waals surface area contributed by atoms with Crippen molar-refractivity contribution < 1.29 is 14.6 Å². The van der Waals surface area contributed by atoms with Gasteiger partial charge in [-0.2, -0.15) is 0 Å². The molecule has 1 aliphatic carbocycles. The highest BCUT2D eigenvalue weighted by atomic mass is 16.5. The molecule has 1 aromatic carbocycles. The molecular formula is C17H24O3. The van der Waals surface area contributed by atoms with Crippen LogP contribution in [0.1, 0.15) is 42.9 Å². The van der Waals surface area contributed by atoms with Gasteiger partial charge in [-0.1, -0.05) is 13.0 Å². The second-order valence-electron chi connectivity index (χ2n) is 5.80. The van der Waals surface area contributed by atoms with Gasteiger partial charge >= 0.3 is 5.97 Å². The van der Waals surface area contributed by atoms with E-state index in [1.54, 1.807) is 0 Å². The number of hydrogen-bond acceptors (Lipinski definition) is 2. The molecule has 1 fully saturated rings. The summed E-state index contributed by atoms with van der Waals surface area (Å²) in [5.74, 6) is 0.626. The first-order chi connectivity index (χ1) is 9.54. The normalized spacial score (nSPS) is 20.8. The number of benzene rings is 1. The SMILES string of the molecule is CCCOc1ccc(CCC2CC2C(=O)O)c(C)c1C. The zero-order valence-electron chi connectivity index (χ0n) is 12.6. The van der Waals surface area contributed by atoms with E-state index in [1.807, 2.05) is 0 Å². The van der Waals surface area contributed by atoms with Crippen LogP contribution >= 0.6 is 0 Å². The standard InChI is InChI=1S/C17H24O3/c1-4-9-20-16-8-7-13(11(2)12(16)3)5-6-14-10-15(14)17(18)19/h7-8,14-15H,4-6,9-10H2,1-3H3,(H,18,19). The molecule has 0 radical (unpaired) electrons. The van der Waals surface area contributed by atoms with E-state index in [0.717, 1.165) is 38.0 Å². The first-order valence-electron chi connectivity index (χ1n) is 7.49. The monoisotopic (exact) mass is 276 g/mol. The van der Waals surface area contributed by atoms with Gasteiger partial charge < -0.3 is 9.84 Å². The lowest BCUT2D eigenvalue weighted by atomic mass is 9.97. The lowest BCUT2D eigenvalue weighted by Crippen LogP contribution is -2.02. The Hall–Kier alpha value is -1.51. The van der Waals surface area contributed by atoms with E-state index in [1.165, 1.54) is 16.7 Å². The highest BCUT2D eigenvalue weighted by molar-refractivity contribution is 5.73. The molecule has 0 amide bonds. The van der Waals surface area contributed by atoms with Crippen LogP contribution in [0.3, 0.4) is 0 Å². The van der Waals surface area contributed by atoms with Gasteiger partial charge in [0.15, 0.2) is 0 Å². The quantitative estimate of drug-likeness (QED) is 0.825. The first-order valence-corrected chi connectivity index (χ1v) is 7.49. The van der Waals surface area contributed by atoms with Crippen LogP contribution in [0, 0.1) is 25.7 Å². The number of aryl methyl sites for hydroxylation is 1. The van der Waals surface area contributed by atoms with Crippen LogP contribution in [-0.4, -0.2) is 17.7 Å². The van der Waals surface area contributed by atoms with Crippen molar-refractivity contribution in [2.75, 3.05) is 6.61 Å². The largest absolute Gasteiger partial charge is 0.493 e. The number of carboxylic acids is 1. The van der Waals surface area contributed by atoms with Gasteiger partial charge in [0.25, 0.3) is 0 Å². The molecule has 0 saturated heterocycles. The fourth-order valence-electron chi connectivity index (χ4n) is 2.70. The number of carbonyl (C=O) groups is 1. The summed E-state index contributed by atoms with van der Waals surface area (Å²) in [5, 5.41) is 8.92. The van der Waals surface area contributed by atoms with Crippen molar-refractivity contribution in [3.63, 3.8) is 0 Å². The number of rotatable bonds is 7. The highest BCUT2D eigenvalue weighted by Crippen LogP contribution is 2.42. The molecule has 3 nitrogen and oxygen atoms in total. The molecule has 2 atom stereocenters. The molecule has 1 aliphatic rings. The smallest absolute Gasteiger partial charge is 0.306 e. The zero-order chi connectivity index (χ0) is 14.7. The van der Waals surface area contributed by atoms with E-state index < -0.39 is 5.97 Å². The van der Waals surface area contributed by atoms with Crippen LogP contribution in [-0.2, 0) is 11.2 Å². The molecule has 1 saturated carbocycles. The summed E-state index contributed by atoms with van der Waals surface area (Å²) in [5.41, 5.74) is 3.81. The van der Waals surface area contributed by atoms with Gasteiger partial charge in [-0.05, 0) is 68.2 Å². The van der Waals surface area contributed by atoms with Gasteiger partial charge in [0.1, 0.15) is 5.75 Å². The fourth-order valence-corrected chi connectivity index (χ4v) is 2.70. The van der Waals surface area contributed by atoms with E-state index >= 15 is 0 Å². The highest BCUT2D eigenvalue weighted by Gasteiger charge is 2.42. The molecular weight excluding hydrogens is 252 g/mol. The number of ether oxygens (including phenoxy) is 1. The van der Waals surface area contributed by atoms with Crippen molar-refractivity contribution in [1.82, 2.24) is 0 Å². The van der Waals surface area contributed by atoms with Crippen LogP contribution in [0.2, 0.25) is 0 Å². The third kappa shape index (κ3) is 3.33. The zero-order valence-corrected chi connectivity index (χ0v) is 12.6. The van der Waals surface area contributed by atoms with Crippen molar-refractivity contribution >= 4 is 5.97 Å². The second kappa shape index (κ2) is 6.29. The summed E-state index contributed by atoms with van der Waals surface area (Å²) in [6.45, 7) is 7.08. The summed E-state index contributed by atoms with van der Waals surface area (Å²) < 4.78 is 5.73. The Labute approximate surface area is 121 Å². The van der Waals surface area contributed by atoms with Gasteiger partial charge in [0.2, 0.25) is 0 Å². The summed E-state index contributed by atoms with van der Waals surface area (Å²) >= 11 is 0. The van der Waals surface area contributed by atoms with Crippen LogP contribution in [0.4, 0.5) is 0 Å². The third-order valence-corrected chi connectivity index (χ3v) is 4.34. The summed E-state index contributed by atoms with van der Waals surface area (Å²) in [6.07, 6.45) is 3.81. The summed E-state index contributed by atoms with van der Waals surface area (Å²) in [4.78, 5) is 10.8. The number of carboxylic acid groups (broad SMARTS) is 1. The van der Waals surface area contributed by atoms with Gasteiger partial charge in [0.05, 0.1) is 12.5 Å². The lowest BCUT2D eigenvalue weighted by molar-refractivity contribution is -0.138. The van der Waals surface area contributed by atoms with Crippen molar-refractivity contribution in [2.45, 2.75) is 46.5 Å². The lowest BCUT2D eigenvalue weighted by Gasteiger charge is -2.14. The Morgan fingerprint density at radius 1 is 1.35 bits per heavy atom. The van der Waals surface area contributed by atoms with Crippen molar-refractivity contribution in [3.8, 4) is 5.75 Å². The number of hydrogen-bond donors (Lipinski definition) is 1. The van der Waals surface area contributed by atoms with Gasteiger partial charge in [0, 0.05) is 0 Å². The van der Waals surface area contributed by atoms with E-state index in [-0.39, 0.29) is 5.92 Å². The molecule has 110 valence electrons. The first kappa shape index (κ1) is 14.9. The second-order valence-corrected chi connectivity index (χ2v) is 5.80. The molecule has 0 bridgehead atoms. The minimum atomic E-state index is -0.633. The van der Waals surface area contributed by atoms with Crippen LogP contribution in [0.25, 0.3) is 0 Å². The average Bonchev–Trinajstić information content (AvgIpc) is 3.19. The Bertz CT molecular complexity index is 493. The Balaban J connectivity index is 1.95. The molecule has 2 unspecified atom stereocenters. The van der Waals surface area contributed by atoms with Crippen LogP contribution in [0.5, 0.6) is 5.75 Å². The van der Waals surface area contributed by atoms with Crippen LogP contribution in [0.15, 0.2) is 12.1 Å². The predicted molar refractivity (Wildman–Crippen MR) is 79.3 cm³/mol. The van der Waals surface area contributed by atoms with Crippen molar-refractivity contribution in [2.24, 2.45) is 11.8 Å². The van der Waals surface area contributed by atoms with Gasteiger partial charge in [-0.15, -0.1) is 0 Å². The maximum Gasteiger partial charge on any atom is 0.306 e. The van der Waals surface area contributed by atoms with E-state index in [4.69, 9.17) is 9.84 Å². The molecule has 0 aromatic heterocycles. The Kier molecular flexibility index (Phi) is 4.69. The molecule has 3 heteroatoms. The van der Waals surface area contributed by atoms with Gasteiger partial charge in [-0.3, -0.25) is 4.79 Å². The maximum absolute atomic E-state index is 10.8. The van der Waals surface area contributed by atoms with Crippen molar-refractivity contribution in [3.05, 3.63) is 28.8 Å². The van der Waals surface area contributed by atoms with E-state index in [9.17, 15) is 4.79 Å². The topological polar surface area (TPSA) is 46.5 Å². The molecule has 0 aliphatic heterocycles. The Morgan fingerprint density at radius 3 is 2.70 bits per heavy atom. The number of aliphatic carboxylic acids is 1. The van der Waals surface area contributed by atoms with Crippen LogP contribution < -0.4 is 4.74 Å². The third-order valence-electron chi connectivity index (χ3n) is 4.34. The van der Waals surface area contributed by atoms with E-state index in [0.29, 0.717) is 5.92 Å². The minimum absolute atomic E-state index is 0.0939. The Morgan fingerprint density at radius 2 is 2.10 bits per heavy atom. The molecule has 1 N–H and O–H groups in total. The molecule has 1 aromatic rings. The maximum atomic E-state index is 10.8. The summed E-state index contributed by atoms with van der Waals surface area (Å²) in [6, 6.07) is 4.18. The molecule has 0 spiro atoms.